The van der Waals surface area contributed by atoms with E-state index in [0.717, 1.165) is 29.9 Å². The Kier molecular flexibility index (Phi) is 3.46. The van der Waals surface area contributed by atoms with E-state index in [2.05, 4.69) is 11.1 Å². The van der Waals surface area contributed by atoms with Crippen molar-refractivity contribution in [1.29, 1.82) is 0 Å². The Bertz CT molecular complexity index is 663. The molecule has 4 heteroatoms. The number of benzene rings is 1. The molecule has 1 aromatic heterocycles. The molecular formula is C16H17NO3. The predicted octanol–water partition coefficient (Wildman–Crippen LogP) is 2.18. The van der Waals surface area contributed by atoms with Crippen LogP contribution < -0.4 is 15.0 Å². The first kappa shape index (κ1) is 12.8. The van der Waals surface area contributed by atoms with Gasteiger partial charge >= 0.3 is 0 Å². The van der Waals surface area contributed by atoms with E-state index in [9.17, 15) is 4.79 Å². The Morgan fingerprint density at radius 2 is 2.25 bits per heavy atom. The zero-order chi connectivity index (χ0) is 13.9. The molecule has 2 aromatic rings. The number of H-pyrrole nitrogens is 1. The van der Waals surface area contributed by atoms with E-state index in [1.165, 1.54) is 5.56 Å². The third-order valence-corrected chi connectivity index (χ3v) is 3.62. The quantitative estimate of drug-likeness (QED) is 0.931. The maximum atomic E-state index is 11.3. The summed E-state index contributed by atoms with van der Waals surface area (Å²) in [6.45, 7) is 0.674. The summed E-state index contributed by atoms with van der Waals surface area (Å²) in [5.74, 6) is 2.13. The summed E-state index contributed by atoms with van der Waals surface area (Å²) >= 11 is 0. The van der Waals surface area contributed by atoms with Crippen LogP contribution in [0.25, 0.3) is 0 Å². The monoisotopic (exact) mass is 271 g/mol. The van der Waals surface area contributed by atoms with Crippen molar-refractivity contribution in [3.8, 4) is 11.5 Å². The average Bonchev–Trinajstić information content (AvgIpc) is 2.47. The van der Waals surface area contributed by atoms with Crippen LogP contribution in [-0.2, 0) is 12.8 Å². The SMILES string of the molecule is COc1ccc2c(c1)OC[C@H](Cc1cc[nH]c(=O)c1)C2. The van der Waals surface area contributed by atoms with Crippen LogP contribution in [0.2, 0.25) is 0 Å². The van der Waals surface area contributed by atoms with Gasteiger partial charge in [-0.25, -0.2) is 0 Å². The van der Waals surface area contributed by atoms with E-state index < -0.39 is 0 Å². The van der Waals surface area contributed by atoms with Crippen LogP contribution in [0.3, 0.4) is 0 Å². The lowest BCUT2D eigenvalue weighted by molar-refractivity contribution is 0.220. The lowest BCUT2D eigenvalue weighted by Crippen LogP contribution is -2.23. The maximum Gasteiger partial charge on any atom is 0.248 e. The summed E-state index contributed by atoms with van der Waals surface area (Å²) in [6, 6.07) is 9.54. The molecule has 0 fully saturated rings. The molecule has 0 amide bonds. The molecule has 0 spiro atoms. The number of ether oxygens (including phenoxy) is 2. The van der Waals surface area contributed by atoms with Crippen molar-refractivity contribution in [2.75, 3.05) is 13.7 Å². The topological polar surface area (TPSA) is 51.3 Å². The minimum Gasteiger partial charge on any atom is -0.497 e. The predicted molar refractivity (Wildman–Crippen MR) is 76.4 cm³/mol. The highest BCUT2D eigenvalue weighted by molar-refractivity contribution is 5.42. The van der Waals surface area contributed by atoms with Gasteiger partial charge in [0.2, 0.25) is 5.56 Å². The van der Waals surface area contributed by atoms with Crippen LogP contribution >= 0.6 is 0 Å². The second-order valence-corrected chi connectivity index (χ2v) is 5.12. The zero-order valence-electron chi connectivity index (χ0n) is 11.4. The Balaban J connectivity index is 1.74. The molecule has 0 saturated heterocycles. The zero-order valence-corrected chi connectivity index (χ0v) is 11.4. The van der Waals surface area contributed by atoms with E-state index in [1.807, 2.05) is 18.2 Å². The Labute approximate surface area is 117 Å². The molecule has 3 rings (SSSR count). The van der Waals surface area contributed by atoms with Gasteiger partial charge in [0, 0.05) is 24.2 Å². The summed E-state index contributed by atoms with van der Waals surface area (Å²) in [7, 11) is 1.65. The molecule has 1 aliphatic rings. The van der Waals surface area contributed by atoms with Gasteiger partial charge in [-0.15, -0.1) is 0 Å². The number of fused-ring (bicyclic) bond motifs is 1. The number of aromatic amines is 1. The first-order valence-corrected chi connectivity index (χ1v) is 6.72. The van der Waals surface area contributed by atoms with E-state index in [1.54, 1.807) is 19.4 Å². The lowest BCUT2D eigenvalue weighted by atomic mass is 9.91. The molecular weight excluding hydrogens is 254 g/mol. The van der Waals surface area contributed by atoms with E-state index in [0.29, 0.717) is 12.5 Å². The van der Waals surface area contributed by atoms with Crippen LogP contribution in [0, 0.1) is 5.92 Å². The van der Waals surface area contributed by atoms with Gasteiger partial charge in [-0.2, -0.15) is 0 Å². The summed E-state index contributed by atoms with van der Waals surface area (Å²) in [5.41, 5.74) is 2.20. The van der Waals surface area contributed by atoms with Crippen molar-refractivity contribution in [2.24, 2.45) is 5.92 Å². The van der Waals surface area contributed by atoms with E-state index in [4.69, 9.17) is 9.47 Å². The third kappa shape index (κ3) is 2.69. The first-order chi connectivity index (χ1) is 9.74. The molecule has 0 unspecified atom stereocenters. The van der Waals surface area contributed by atoms with Crippen LogP contribution in [-0.4, -0.2) is 18.7 Å². The van der Waals surface area contributed by atoms with Crippen molar-refractivity contribution in [3.63, 3.8) is 0 Å². The number of rotatable bonds is 3. The molecule has 4 nitrogen and oxygen atoms in total. The normalized spacial score (nSPS) is 17.1. The molecule has 0 bridgehead atoms. The Hall–Kier alpha value is -2.23. The van der Waals surface area contributed by atoms with Gasteiger partial charge in [0.15, 0.2) is 0 Å². The van der Waals surface area contributed by atoms with Gasteiger partial charge < -0.3 is 14.5 Å². The van der Waals surface area contributed by atoms with Crippen molar-refractivity contribution in [2.45, 2.75) is 12.8 Å². The molecule has 2 heterocycles. The fraction of sp³-hybridized carbons (Fsp3) is 0.312. The largest absolute Gasteiger partial charge is 0.497 e. The summed E-state index contributed by atoms with van der Waals surface area (Å²) in [6.07, 6.45) is 3.52. The fourth-order valence-corrected chi connectivity index (χ4v) is 2.62. The molecule has 104 valence electrons. The van der Waals surface area contributed by atoms with Gasteiger partial charge in [-0.3, -0.25) is 4.79 Å². The second kappa shape index (κ2) is 5.41. The standard InChI is InChI=1S/C16H17NO3/c1-19-14-3-2-13-7-12(10-20-15(13)9-14)6-11-4-5-17-16(18)8-11/h2-5,8-9,12H,6-7,10H2,1H3,(H,17,18)/t12-/m1/s1. The second-order valence-electron chi connectivity index (χ2n) is 5.12. The highest BCUT2D eigenvalue weighted by atomic mass is 16.5. The molecule has 1 N–H and O–H groups in total. The Morgan fingerprint density at radius 1 is 1.35 bits per heavy atom. The minimum atomic E-state index is -0.0515. The summed E-state index contributed by atoms with van der Waals surface area (Å²) in [5, 5.41) is 0. The van der Waals surface area contributed by atoms with E-state index in [-0.39, 0.29) is 5.56 Å². The van der Waals surface area contributed by atoms with Gasteiger partial charge in [-0.1, -0.05) is 6.07 Å². The number of pyridine rings is 1. The number of aromatic nitrogens is 1. The van der Waals surface area contributed by atoms with Gasteiger partial charge in [-0.05, 0) is 36.1 Å². The first-order valence-electron chi connectivity index (χ1n) is 6.72. The molecule has 0 saturated carbocycles. The number of methoxy groups -OCH3 is 1. The highest BCUT2D eigenvalue weighted by Gasteiger charge is 2.20. The third-order valence-electron chi connectivity index (χ3n) is 3.62. The number of hydrogen-bond acceptors (Lipinski definition) is 3. The average molecular weight is 271 g/mol. The minimum absolute atomic E-state index is 0.0515. The fourth-order valence-electron chi connectivity index (χ4n) is 2.62. The van der Waals surface area contributed by atoms with Gasteiger partial charge in [0.1, 0.15) is 11.5 Å². The molecule has 1 atom stereocenters. The van der Waals surface area contributed by atoms with Crippen LogP contribution in [0.15, 0.2) is 41.3 Å². The smallest absolute Gasteiger partial charge is 0.248 e. The number of nitrogens with one attached hydrogen (secondary N) is 1. The van der Waals surface area contributed by atoms with Crippen molar-refractivity contribution >= 4 is 0 Å². The molecule has 1 aromatic carbocycles. The van der Waals surface area contributed by atoms with Crippen LogP contribution in [0.5, 0.6) is 11.5 Å². The van der Waals surface area contributed by atoms with Crippen molar-refractivity contribution < 1.29 is 9.47 Å². The highest BCUT2D eigenvalue weighted by Crippen LogP contribution is 2.31. The van der Waals surface area contributed by atoms with Gasteiger partial charge in [0.25, 0.3) is 0 Å². The van der Waals surface area contributed by atoms with Crippen LogP contribution in [0.4, 0.5) is 0 Å². The van der Waals surface area contributed by atoms with E-state index >= 15 is 0 Å². The van der Waals surface area contributed by atoms with Crippen molar-refractivity contribution in [1.82, 2.24) is 4.98 Å². The lowest BCUT2D eigenvalue weighted by Gasteiger charge is -2.25. The van der Waals surface area contributed by atoms with Gasteiger partial charge in [0.05, 0.1) is 13.7 Å². The van der Waals surface area contributed by atoms with Crippen molar-refractivity contribution in [3.05, 3.63) is 58.0 Å². The van der Waals surface area contributed by atoms with Crippen LogP contribution in [0.1, 0.15) is 11.1 Å². The molecule has 0 aliphatic carbocycles. The Morgan fingerprint density at radius 3 is 3.05 bits per heavy atom. The maximum absolute atomic E-state index is 11.3. The number of hydrogen-bond donors (Lipinski definition) is 1. The summed E-state index contributed by atoms with van der Waals surface area (Å²) < 4.78 is 11.0. The molecule has 20 heavy (non-hydrogen) atoms. The molecule has 0 radical (unpaired) electrons. The molecule has 1 aliphatic heterocycles. The summed E-state index contributed by atoms with van der Waals surface area (Å²) in [4.78, 5) is 13.9.